The summed E-state index contributed by atoms with van der Waals surface area (Å²) in [6.07, 6.45) is 0. The van der Waals surface area contributed by atoms with Crippen molar-refractivity contribution in [2.45, 2.75) is 27.4 Å². The monoisotopic (exact) mass is 435 g/mol. The molecule has 0 spiro atoms. The average Bonchev–Trinajstić information content (AvgIpc) is 3.24. The van der Waals surface area contributed by atoms with Gasteiger partial charge in [-0.05, 0) is 31.0 Å². The molecule has 0 aliphatic rings. The van der Waals surface area contributed by atoms with Crippen LogP contribution in [0.4, 0.5) is 0 Å². The van der Waals surface area contributed by atoms with Crippen molar-refractivity contribution in [1.82, 2.24) is 15.5 Å². The van der Waals surface area contributed by atoms with Crippen molar-refractivity contribution in [3.63, 3.8) is 0 Å². The molecule has 0 aliphatic heterocycles. The van der Waals surface area contributed by atoms with E-state index in [1.54, 1.807) is 13.0 Å². The molecule has 1 amide bonds. The lowest BCUT2D eigenvalue weighted by Gasteiger charge is -2.13. The third-order valence-corrected chi connectivity index (χ3v) is 4.77. The number of likely N-dealkylation sites (N-methyl/N-ethyl adjacent to an activating group) is 1. The SMILES string of the molecule is CNC(=O)/C(=N/OC)c1cccc(C)c1CO/N=C(\C)c1cccc(-c2noc(C)n2)c1. The highest BCUT2D eigenvalue weighted by atomic mass is 16.6. The zero-order valence-corrected chi connectivity index (χ0v) is 18.7. The van der Waals surface area contributed by atoms with Gasteiger partial charge < -0.3 is 19.5 Å². The number of hydrogen-bond acceptors (Lipinski definition) is 8. The summed E-state index contributed by atoms with van der Waals surface area (Å²) in [5.41, 5.74) is 4.88. The number of nitrogens with one attached hydrogen (secondary N) is 1. The van der Waals surface area contributed by atoms with E-state index in [1.165, 1.54) is 14.2 Å². The lowest BCUT2D eigenvalue weighted by molar-refractivity contribution is -0.114. The summed E-state index contributed by atoms with van der Waals surface area (Å²) >= 11 is 0. The summed E-state index contributed by atoms with van der Waals surface area (Å²) < 4.78 is 5.05. The number of carbonyl (C=O) groups excluding carboxylic acids is 1. The van der Waals surface area contributed by atoms with Gasteiger partial charge in [-0.3, -0.25) is 4.79 Å². The van der Waals surface area contributed by atoms with Gasteiger partial charge >= 0.3 is 0 Å². The van der Waals surface area contributed by atoms with E-state index in [2.05, 4.69) is 25.8 Å². The van der Waals surface area contributed by atoms with E-state index in [9.17, 15) is 4.79 Å². The van der Waals surface area contributed by atoms with Crippen LogP contribution in [0.25, 0.3) is 11.4 Å². The predicted molar refractivity (Wildman–Crippen MR) is 120 cm³/mol. The van der Waals surface area contributed by atoms with Crippen LogP contribution < -0.4 is 5.32 Å². The van der Waals surface area contributed by atoms with Gasteiger partial charge in [0.05, 0.1) is 5.71 Å². The number of oxime groups is 2. The van der Waals surface area contributed by atoms with Crippen LogP contribution in [0.5, 0.6) is 0 Å². The van der Waals surface area contributed by atoms with E-state index in [4.69, 9.17) is 14.2 Å². The third-order valence-electron chi connectivity index (χ3n) is 4.77. The van der Waals surface area contributed by atoms with Crippen LogP contribution in [0, 0.1) is 13.8 Å². The Kier molecular flexibility index (Phi) is 7.33. The molecule has 9 nitrogen and oxygen atoms in total. The fraction of sp³-hybridized carbons (Fsp3) is 0.261. The summed E-state index contributed by atoms with van der Waals surface area (Å²) in [6.45, 7) is 5.68. The second kappa shape index (κ2) is 10.3. The molecule has 166 valence electrons. The highest BCUT2D eigenvalue weighted by Gasteiger charge is 2.19. The first-order chi connectivity index (χ1) is 15.4. The molecule has 2 aromatic carbocycles. The first-order valence-electron chi connectivity index (χ1n) is 9.94. The Bertz CT molecular complexity index is 1170. The number of amides is 1. The Morgan fingerprint density at radius 1 is 1.16 bits per heavy atom. The van der Waals surface area contributed by atoms with Crippen LogP contribution in [-0.2, 0) is 21.1 Å². The number of carbonyl (C=O) groups is 1. The Balaban J connectivity index is 1.82. The van der Waals surface area contributed by atoms with Crippen molar-refractivity contribution in [2.24, 2.45) is 10.3 Å². The van der Waals surface area contributed by atoms with Gasteiger partial charge in [0.25, 0.3) is 5.91 Å². The van der Waals surface area contributed by atoms with Gasteiger partial charge in [-0.15, -0.1) is 0 Å². The van der Waals surface area contributed by atoms with Gasteiger partial charge in [0.1, 0.15) is 13.7 Å². The molecule has 0 bridgehead atoms. The molecule has 1 heterocycles. The number of aryl methyl sites for hydroxylation is 2. The second-order valence-electron chi connectivity index (χ2n) is 6.97. The van der Waals surface area contributed by atoms with Gasteiger partial charge in [0.15, 0.2) is 5.71 Å². The van der Waals surface area contributed by atoms with E-state index >= 15 is 0 Å². The Morgan fingerprint density at radius 2 is 1.94 bits per heavy atom. The van der Waals surface area contributed by atoms with Crippen LogP contribution in [0.15, 0.2) is 57.3 Å². The number of aromatic nitrogens is 2. The van der Waals surface area contributed by atoms with Crippen molar-refractivity contribution < 1.29 is 19.0 Å². The lowest BCUT2D eigenvalue weighted by atomic mass is 9.98. The Morgan fingerprint density at radius 3 is 2.62 bits per heavy atom. The smallest absolute Gasteiger partial charge is 0.273 e. The minimum Gasteiger partial charge on any atom is -0.398 e. The van der Waals surface area contributed by atoms with Gasteiger partial charge in [0, 0.05) is 30.7 Å². The van der Waals surface area contributed by atoms with Crippen LogP contribution in [0.1, 0.15) is 35.1 Å². The molecule has 0 saturated heterocycles. The molecule has 0 aliphatic carbocycles. The second-order valence-corrected chi connectivity index (χ2v) is 6.97. The van der Waals surface area contributed by atoms with E-state index < -0.39 is 0 Å². The molecule has 0 fully saturated rings. The number of rotatable bonds is 8. The Hall–Kier alpha value is -4.01. The fourth-order valence-electron chi connectivity index (χ4n) is 3.08. The molecular formula is C23H25N5O4. The minimum absolute atomic E-state index is 0.156. The highest BCUT2D eigenvalue weighted by Crippen LogP contribution is 2.19. The standard InChI is InChI=1S/C23H25N5O4/c1-14-8-6-11-19(21(27-30-5)23(29)24-4)20(14)13-31-26-15(2)17-9-7-10-18(12-17)22-25-16(3)32-28-22/h6-12H,13H2,1-5H3,(H,24,29)/b26-15+,27-21+. The zero-order chi connectivity index (χ0) is 23.1. The van der Waals surface area contributed by atoms with Gasteiger partial charge in [0.2, 0.25) is 11.7 Å². The van der Waals surface area contributed by atoms with Crippen molar-refractivity contribution in [3.05, 3.63) is 70.6 Å². The maximum Gasteiger partial charge on any atom is 0.273 e. The molecule has 9 heteroatoms. The van der Waals surface area contributed by atoms with Gasteiger partial charge in [-0.25, -0.2) is 0 Å². The number of nitrogens with zero attached hydrogens (tertiary/aromatic N) is 4. The number of benzene rings is 2. The molecule has 0 unspecified atom stereocenters. The first-order valence-corrected chi connectivity index (χ1v) is 9.94. The maximum atomic E-state index is 12.3. The molecule has 1 aromatic heterocycles. The van der Waals surface area contributed by atoms with Crippen molar-refractivity contribution in [2.75, 3.05) is 14.2 Å². The van der Waals surface area contributed by atoms with Crippen molar-refractivity contribution in [3.8, 4) is 11.4 Å². The molecule has 0 radical (unpaired) electrons. The van der Waals surface area contributed by atoms with E-state index in [-0.39, 0.29) is 18.2 Å². The number of hydrogen-bond donors (Lipinski definition) is 1. The van der Waals surface area contributed by atoms with Crippen molar-refractivity contribution >= 4 is 17.3 Å². The maximum absolute atomic E-state index is 12.3. The quantitative estimate of drug-likeness (QED) is 0.429. The summed E-state index contributed by atoms with van der Waals surface area (Å²) in [7, 11) is 2.93. The summed E-state index contributed by atoms with van der Waals surface area (Å²) in [4.78, 5) is 27.1. The van der Waals surface area contributed by atoms with Crippen LogP contribution in [0.2, 0.25) is 0 Å². The molecule has 1 N–H and O–H groups in total. The topological polar surface area (TPSA) is 111 Å². The lowest BCUT2D eigenvalue weighted by Crippen LogP contribution is -2.29. The molecule has 32 heavy (non-hydrogen) atoms. The summed E-state index contributed by atoms with van der Waals surface area (Å²) in [5.74, 6) is 0.662. The minimum atomic E-state index is -0.355. The summed E-state index contributed by atoms with van der Waals surface area (Å²) in [6, 6.07) is 13.2. The largest absolute Gasteiger partial charge is 0.398 e. The summed E-state index contributed by atoms with van der Waals surface area (Å²) in [5, 5.41) is 14.7. The molecular weight excluding hydrogens is 410 g/mol. The fourth-order valence-corrected chi connectivity index (χ4v) is 3.08. The third kappa shape index (κ3) is 5.18. The molecule has 3 rings (SSSR count). The molecule has 0 atom stereocenters. The van der Waals surface area contributed by atoms with E-state index in [1.807, 2.05) is 50.2 Å². The zero-order valence-electron chi connectivity index (χ0n) is 18.7. The molecule has 0 saturated carbocycles. The van der Waals surface area contributed by atoms with Crippen LogP contribution >= 0.6 is 0 Å². The van der Waals surface area contributed by atoms with Crippen LogP contribution in [0.3, 0.4) is 0 Å². The van der Waals surface area contributed by atoms with Crippen LogP contribution in [-0.4, -0.2) is 41.6 Å². The highest BCUT2D eigenvalue weighted by molar-refractivity contribution is 6.45. The Labute approximate surface area is 186 Å². The average molecular weight is 435 g/mol. The van der Waals surface area contributed by atoms with E-state index in [0.29, 0.717) is 23.0 Å². The van der Waals surface area contributed by atoms with E-state index in [0.717, 1.165) is 22.3 Å². The molecule has 3 aromatic rings. The van der Waals surface area contributed by atoms with Crippen molar-refractivity contribution in [1.29, 1.82) is 0 Å². The van der Waals surface area contributed by atoms with Gasteiger partial charge in [-0.2, -0.15) is 4.98 Å². The van der Waals surface area contributed by atoms with Gasteiger partial charge in [-0.1, -0.05) is 51.9 Å². The first kappa shape index (κ1) is 22.7. The predicted octanol–water partition coefficient (Wildman–Crippen LogP) is 3.39. The normalized spacial score (nSPS) is 11.9.